The molecule has 0 saturated heterocycles. The van der Waals surface area contributed by atoms with E-state index >= 15 is 0 Å². The predicted molar refractivity (Wildman–Crippen MR) is 208 cm³/mol. The van der Waals surface area contributed by atoms with E-state index in [4.69, 9.17) is 8.23 Å². The van der Waals surface area contributed by atoms with Crippen molar-refractivity contribution in [1.82, 2.24) is 0 Å². The number of hydrogen-bond donors (Lipinski definition) is 2. The van der Waals surface area contributed by atoms with Crippen LogP contribution in [-0.4, -0.2) is 43.5 Å². The zero-order chi connectivity index (χ0) is 34.3. The molecule has 0 saturated carbocycles. The van der Waals surface area contributed by atoms with Gasteiger partial charge in [-0.15, -0.1) is 0 Å². The minimum atomic E-state index is -1.62. The van der Waals surface area contributed by atoms with Gasteiger partial charge in [-0.1, -0.05) is 83.7 Å². The predicted octanol–water partition coefficient (Wildman–Crippen LogP) is 12.2. The summed E-state index contributed by atoms with van der Waals surface area (Å²) in [7, 11) is -6.19. The molecule has 2 aromatic carbocycles. The summed E-state index contributed by atoms with van der Waals surface area (Å²) in [6.07, 6.45) is 9.21. The van der Waals surface area contributed by atoms with Crippen molar-refractivity contribution in [3.05, 3.63) is 59.2 Å². The van der Waals surface area contributed by atoms with Crippen molar-refractivity contribution >= 4 is 33.3 Å². The Hall–Kier alpha value is -1.17. The normalized spacial score (nSPS) is 12.7. The molecular formula is C37H70O4Si4. The Labute approximate surface area is 282 Å². The lowest BCUT2D eigenvalue weighted by Crippen LogP contribution is -2.44. The molecule has 0 unspecified atom stereocenters. The lowest BCUT2D eigenvalue weighted by atomic mass is 9.98. The van der Waals surface area contributed by atoms with Gasteiger partial charge in [0.25, 0.3) is 0 Å². The average molecular weight is 691 g/mol. The smallest absolute Gasteiger partial charge is 0.173 e. The maximum absolute atomic E-state index is 10.1. The van der Waals surface area contributed by atoms with Crippen LogP contribution >= 0.6 is 0 Å². The van der Waals surface area contributed by atoms with Crippen LogP contribution in [0.3, 0.4) is 0 Å². The van der Waals surface area contributed by atoms with E-state index in [2.05, 4.69) is 86.1 Å². The van der Waals surface area contributed by atoms with Crippen LogP contribution in [0.25, 0.3) is 0 Å². The molecule has 0 aliphatic rings. The monoisotopic (exact) mass is 690 g/mol. The summed E-state index contributed by atoms with van der Waals surface area (Å²) in [5.41, 5.74) is 3.46. The van der Waals surface area contributed by atoms with E-state index < -0.39 is 33.3 Å². The standard InChI is InChI=1S/C20H38O2Si2.C17H32O2Si2/c1-8-9-14-23(4,5)22-24(6,7)15-10-11-19-16-18(17(2)3)12-13-20(19)21;1-6-7-14-20(2,3)19-21(4,5)15-10-12-16-11-8-9-13-17(16)18/h12-13,16-17,21H,8-11,14-15H2,1-7H3;8-9,11,13,18H,6-7,10,12,14-15H2,1-5H3. The lowest BCUT2D eigenvalue weighted by molar-refractivity contribution is 0.466. The van der Waals surface area contributed by atoms with E-state index in [0.717, 1.165) is 36.8 Å². The number of hydrogen-bond acceptors (Lipinski definition) is 4. The third-order valence-corrected chi connectivity index (χ3v) is 23.7. The third kappa shape index (κ3) is 18.1. The van der Waals surface area contributed by atoms with E-state index in [9.17, 15) is 10.2 Å². The number of phenolic OH excluding ortho intramolecular Hbond substituents is 2. The second-order valence-corrected chi connectivity index (χ2v) is 33.5. The zero-order valence-corrected chi connectivity index (χ0v) is 35.3. The van der Waals surface area contributed by atoms with Gasteiger partial charge in [-0.05, 0) is 137 Å². The Morgan fingerprint density at radius 2 is 0.956 bits per heavy atom. The van der Waals surface area contributed by atoms with E-state index in [1.54, 1.807) is 6.07 Å². The molecule has 0 bridgehead atoms. The molecular weight excluding hydrogens is 621 g/mol. The van der Waals surface area contributed by atoms with E-state index in [0.29, 0.717) is 17.4 Å². The minimum Gasteiger partial charge on any atom is -0.508 e. The van der Waals surface area contributed by atoms with Crippen molar-refractivity contribution in [2.24, 2.45) is 0 Å². The van der Waals surface area contributed by atoms with Gasteiger partial charge >= 0.3 is 0 Å². The molecule has 258 valence electrons. The van der Waals surface area contributed by atoms with Gasteiger partial charge in [0.2, 0.25) is 0 Å². The second-order valence-electron chi connectivity index (χ2n) is 15.8. The first kappa shape index (κ1) is 41.9. The summed E-state index contributed by atoms with van der Waals surface area (Å²) in [6.45, 7) is 27.8. The van der Waals surface area contributed by atoms with E-state index in [1.807, 2.05) is 30.3 Å². The highest BCUT2D eigenvalue weighted by molar-refractivity contribution is 6.85. The highest BCUT2D eigenvalue weighted by atomic mass is 28.4. The van der Waals surface area contributed by atoms with Crippen LogP contribution in [0.4, 0.5) is 0 Å². The summed E-state index contributed by atoms with van der Waals surface area (Å²) in [5.74, 6) is 1.37. The SMILES string of the molecule is CCCC[Si](C)(C)O[Si](C)(C)CCCc1cc(C(C)C)ccc1O.CCCC[Si](C)(C)O[Si](C)(C)CCCc1ccccc1O. The quantitative estimate of drug-likeness (QED) is 0.144. The summed E-state index contributed by atoms with van der Waals surface area (Å²) >= 11 is 0. The van der Waals surface area contributed by atoms with Crippen LogP contribution in [0.5, 0.6) is 11.5 Å². The van der Waals surface area contributed by atoms with E-state index in [-0.39, 0.29) is 0 Å². The molecule has 8 heteroatoms. The van der Waals surface area contributed by atoms with Gasteiger partial charge in [0.1, 0.15) is 11.5 Å². The average Bonchev–Trinajstić information content (AvgIpc) is 2.92. The van der Waals surface area contributed by atoms with Crippen LogP contribution < -0.4 is 0 Å². The number of para-hydroxylation sites is 1. The fraction of sp³-hybridized carbons (Fsp3) is 0.676. The van der Waals surface area contributed by atoms with Crippen molar-refractivity contribution in [3.8, 4) is 11.5 Å². The molecule has 0 aliphatic heterocycles. The molecule has 2 rings (SSSR count). The number of phenols is 2. The highest BCUT2D eigenvalue weighted by Gasteiger charge is 2.33. The summed E-state index contributed by atoms with van der Waals surface area (Å²) in [5, 5.41) is 19.9. The Morgan fingerprint density at radius 1 is 0.556 bits per heavy atom. The van der Waals surface area contributed by atoms with Crippen molar-refractivity contribution in [2.45, 2.75) is 162 Å². The molecule has 0 amide bonds. The fourth-order valence-electron chi connectivity index (χ4n) is 6.20. The largest absolute Gasteiger partial charge is 0.508 e. The van der Waals surface area contributed by atoms with Crippen LogP contribution in [0.2, 0.25) is 76.6 Å². The summed E-state index contributed by atoms with van der Waals surface area (Å²) < 4.78 is 13.3. The number of rotatable bonds is 19. The molecule has 45 heavy (non-hydrogen) atoms. The van der Waals surface area contributed by atoms with Gasteiger partial charge in [-0.25, -0.2) is 0 Å². The first-order valence-electron chi connectivity index (χ1n) is 17.8. The Morgan fingerprint density at radius 3 is 1.38 bits per heavy atom. The lowest BCUT2D eigenvalue weighted by Gasteiger charge is -2.34. The van der Waals surface area contributed by atoms with Crippen molar-refractivity contribution < 1.29 is 18.4 Å². The molecule has 2 aromatic rings. The van der Waals surface area contributed by atoms with Crippen molar-refractivity contribution in [3.63, 3.8) is 0 Å². The van der Waals surface area contributed by atoms with Crippen LogP contribution in [0, 0.1) is 0 Å². The summed E-state index contributed by atoms with van der Waals surface area (Å²) in [4.78, 5) is 0. The zero-order valence-electron chi connectivity index (χ0n) is 31.3. The number of aryl methyl sites for hydroxylation is 2. The van der Waals surface area contributed by atoms with Crippen molar-refractivity contribution in [2.75, 3.05) is 0 Å². The van der Waals surface area contributed by atoms with Crippen LogP contribution in [0.15, 0.2) is 42.5 Å². The topological polar surface area (TPSA) is 58.9 Å². The Kier molecular flexibility index (Phi) is 18.2. The first-order chi connectivity index (χ1) is 20.8. The van der Waals surface area contributed by atoms with Gasteiger partial charge in [0.05, 0.1) is 0 Å². The number of aromatic hydroxyl groups is 2. The van der Waals surface area contributed by atoms with Gasteiger partial charge in [-0.2, -0.15) is 0 Å². The highest BCUT2D eigenvalue weighted by Crippen LogP contribution is 2.29. The maximum atomic E-state index is 10.1. The molecule has 0 aliphatic carbocycles. The van der Waals surface area contributed by atoms with Gasteiger partial charge in [0.15, 0.2) is 33.3 Å². The number of unbranched alkanes of at least 4 members (excludes halogenated alkanes) is 2. The van der Waals surface area contributed by atoms with Crippen LogP contribution in [0.1, 0.15) is 88.8 Å². The molecule has 2 N–H and O–H groups in total. The molecule has 0 aromatic heterocycles. The van der Waals surface area contributed by atoms with E-state index in [1.165, 1.54) is 55.4 Å². The Balaban J connectivity index is 0.000000454. The fourth-order valence-corrected chi connectivity index (χ4v) is 24.3. The molecule has 4 nitrogen and oxygen atoms in total. The minimum absolute atomic E-state index is 0.426. The van der Waals surface area contributed by atoms with Crippen LogP contribution in [-0.2, 0) is 21.1 Å². The van der Waals surface area contributed by atoms with Gasteiger partial charge in [0, 0.05) is 0 Å². The molecule has 0 heterocycles. The Bertz CT molecular complexity index is 1120. The first-order valence-corrected chi connectivity index (χ1v) is 30.3. The summed E-state index contributed by atoms with van der Waals surface area (Å²) in [6, 6.07) is 18.6. The molecule has 0 radical (unpaired) electrons. The molecule has 0 spiro atoms. The van der Waals surface area contributed by atoms with Gasteiger partial charge in [-0.3, -0.25) is 0 Å². The second kappa shape index (κ2) is 19.6. The van der Waals surface area contributed by atoms with Gasteiger partial charge < -0.3 is 18.4 Å². The molecule has 0 fully saturated rings. The third-order valence-electron chi connectivity index (χ3n) is 8.58. The molecule has 0 atom stereocenters. The number of benzene rings is 2. The van der Waals surface area contributed by atoms with Crippen molar-refractivity contribution in [1.29, 1.82) is 0 Å². The maximum Gasteiger partial charge on any atom is 0.173 e.